The van der Waals surface area contributed by atoms with Crippen molar-refractivity contribution in [3.63, 3.8) is 0 Å². The number of aryl methyl sites for hydroxylation is 1. The number of allylic oxidation sites excluding steroid dienone is 4. The Bertz CT molecular complexity index is 1200. The summed E-state index contributed by atoms with van der Waals surface area (Å²) < 4.78 is 0. The molecule has 0 aliphatic heterocycles. The Hall–Kier alpha value is -3.46. The van der Waals surface area contributed by atoms with Crippen LogP contribution in [0, 0.1) is 12.3 Å². The maximum Gasteiger partial charge on any atom is 0.118 e. The zero-order valence-electron chi connectivity index (χ0n) is 20.6. The highest BCUT2D eigenvalue weighted by molar-refractivity contribution is 5.50. The molecule has 0 radical (unpaired) electrons. The summed E-state index contributed by atoms with van der Waals surface area (Å²) in [4.78, 5) is 0. The fourth-order valence-electron chi connectivity index (χ4n) is 5.19. The van der Waals surface area contributed by atoms with Gasteiger partial charge < -0.3 is 15.3 Å². The molecule has 0 bridgehead atoms. The zero-order chi connectivity index (χ0) is 24.7. The first-order valence-electron chi connectivity index (χ1n) is 11.8. The van der Waals surface area contributed by atoms with Crippen molar-refractivity contribution >= 4 is 0 Å². The van der Waals surface area contributed by atoms with Crippen LogP contribution < -0.4 is 0 Å². The molecule has 3 heteroatoms. The van der Waals surface area contributed by atoms with E-state index < -0.39 is 5.41 Å². The van der Waals surface area contributed by atoms with Crippen LogP contribution in [0.4, 0.5) is 0 Å². The lowest BCUT2D eigenvalue weighted by molar-refractivity contribution is 0.261. The standard InChI is InChI=1S/C31H34O3/c1-21-20-25(10-15-28(21)34)29(2,3)22-16-18-30(4,19-17-22)31(5,23-6-11-26(32)12-7-23)24-8-13-27(33)14-9-24/h6-18,20,32-34H,19H2,1-5H3. The average Bonchev–Trinajstić information content (AvgIpc) is 2.81. The molecule has 0 fully saturated rings. The van der Waals surface area contributed by atoms with Crippen molar-refractivity contribution in [1.82, 2.24) is 0 Å². The van der Waals surface area contributed by atoms with Gasteiger partial charge in [-0.15, -0.1) is 0 Å². The first-order valence-corrected chi connectivity index (χ1v) is 11.8. The van der Waals surface area contributed by atoms with Crippen LogP contribution in [0.15, 0.2) is 90.5 Å². The van der Waals surface area contributed by atoms with Gasteiger partial charge in [-0.05, 0) is 71.5 Å². The van der Waals surface area contributed by atoms with Crippen molar-refractivity contribution in [2.24, 2.45) is 5.41 Å². The quantitative estimate of drug-likeness (QED) is 0.379. The summed E-state index contributed by atoms with van der Waals surface area (Å²) in [5, 5.41) is 29.8. The third-order valence-electron chi connectivity index (χ3n) is 8.05. The van der Waals surface area contributed by atoms with Crippen LogP contribution in [0.25, 0.3) is 0 Å². The van der Waals surface area contributed by atoms with Crippen molar-refractivity contribution in [3.05, 3.63) is 113 Å². The second-order valence-electron chi connectivity index (χ2n) is 10.5. The molecule has 3 aromatic rings. The van der Waals surface area contributed by atoms with E-state index in [1.807, 2.05) is 37.3 Å². The van der Waals surface area contributed by atoms with Crippen LogP contribution >= 0.6 is 0 Å². The number of phenols is 3. The maximum atomic E-state index is 9.97. The molecule has 0 saturated heterocycles. The predicted molar refractivity (Wildman–Crippen MR) is 138 cm³/mol. The SMILES string of the molecule is Cc1cc(C(C)(C)C2=CCC(C)(C(C)(c3ccc(O)cc3)c3ccc(O)cc3)C=C2)ccc1O. The Morgan fingerprint density at radius 2 is 1.24 bits per heavy atom. The van der Waals surface area contributed by atoms with Gasteiger partial charge >= 0.3 is 0 Å². The van der Waals surface area contributed by atoms with Gasteiger partial charge in [0.2, 0.25) is 0 Å². The number of rotatable bonds is 5. The number of hydrogen-bond donors (Lipinski definition) is 3. The molecule has 0 saturated carbocycles. The van der Waals surface area contributed by atoms with Gasteiger partial charge in [-0.3, -0.25) is 0 Å². The first kappa shape index (κ1) is 23.7. The molecule has 1 aliphatic rings. The monoisotopic (exact) mass is 454 g/mol. The van der Waals surface area contributed by atoms with Crippen LogP contribution in [0.5, 0.6) is 17.2 Å². The average molecular weight is 455 g/mol. The zero-order valence-corrected chi connectivity index (χ0v) is 20.6. The third-order valence-corrected chi connectivity index (χ3v) is 8.05. The first-order chi connectivity index (χ1) is 16.0. The van der Waals surface area contributed by atoms with Gasteiger partial charge in [0.05, 0.1) is 0 Å². The van der Waals surface area contributed by atoms with Gasteiger partial charge in [0, 0.05) is 16.2 Å². The Labute approximate surface area is 202 Å². The Morgan fingerprint density at radius 1 is 0.735 bits per heavy atom. The fraction of sp³-hybridized carbons (Fsp3) is 0.290. The minimum Gasteiger partial charge on any atom is -0.508 e. The number of benzene rings is 3. The van der Waals surface area contributed by atoms with E-state index in [9.17, 15) is 15.3 Å². The largest absolute Gasteiger partial charge is 0.508 e. The Kier molecular flexibility index (Phi) is 5.85. The van der Waals surface area contributed by atoms with Crippen molar-refractivity contribution < 1.29 is 15.3 Å². The van der Waals surface area contributed by atoms with E-state index in [1.54, 1.807) is 30.3 Å². The van der Waals surface area contributed by atoms with E-state index in [0.717, 1.165) is 23.1 Å². The molecule has 0 spiro atoms. The van der Waals surface area contributed by atoms with Crippen LogP contribution in [0.2, 0.25) is 0 Å². The molecular weight excluding hydrogens is 420 g/mol. The van der Waals surface area contributed by atoms with E-state index in [4.69, 9.17) is 0 Å². The number of phenolic OH excluding ortho intramolecular Hbond substituents is 3. The normalized spacial score (nSPS) is 18.6. The van der Waals surface area contributed by atoms with E-state index in [2.05, 4.69) is 52.0 Å². The van der Waals surface area contributed by atoms with Gasteiger partial charge in [0.15, 0.2) is 0 Å². The second-order valence-corrected chi connectivity index (χ2v) is 10.5. The molecule has 3 aromatic carbocycles. The predicted octanol–water partition coefficient (Wildman–Crippen LogP) is 7.29. The lowest BCUT2D eigenvalue weighted by atomic mass is 9.55. The Morgan fingerprint density at radius 3 is 1.68 bits per heavy atom. The van der Waals surface area contributed by atoms with E-state index in [0.29, 0.717) is 5.75 Å². The van der Waals surface area contributed by atoms with Crippen molar-refractivity contribution in [3.8, 4) is 17.2 Å². The van der Waals surface area contributed by atoms with E-state index >= 15 is 0 Å². The summed E-state index contributed by atoms with van der Waals surface area (Å²) in [7, 11) is 0. The van der Waals surface area contributed by atoms with Gasteiger partial charge in [0.1, 0.15) is 17.2 Å². The molecule has 0 amide bonds. The van der Waals surface area contributed by atoms with Gasteiger partial charge in [0.25, 0.3) is 0 Å². The van der Waals surface area contributed by atoms with Gasteiger partial charge in [-0.1, -0.05) is 82.3 Å². The summed E-state index contributed by atoms with van der Waals surface area (Å²) in [5.74, 6) is 0.808. The molecule has 34 heavy (non-hydrogen) atoms. The molecule has 3 N–H and O–H groups in total. The molecular formula is C31H34O3. The van der Waals surface area contributed by atoms with Gasteiger partial charge in [-0.25, -0.2) is 0 Å². The molecule has 1 atom stereocenters. The Balaban J connectivity index is 1.76. The van der Waals surface area contributed by atoms with Gasteiger partial charge in [-0.2, -0.15) is 0 Å². The van der Waals surface area contributed by atoms with Crippen molar-refractivity contribution in [1.29, 1.82) is 0 Å². The third kappa shape index (κ3) is 3.90. The molecule has 1 unspecified atom stereocenters. The minimum absolute atomic E-state index is 0.205. The molecule has 0 aromatic heterocycles. The lowest BCUT2D eigenvalue weighted by Crippen LogP contribution is -2.42. The molecule has 0 heterocycles. The highest BCUT2D eigenvalue weighted by Crippen LogP contribution is 2.53. The van der Waals surface area contributed by atoms with Crippen LogP contribution in [0.1, 0.15) is 56.4 Å². The smallest absolute Gasteiger partial charge is 0.118 e. The topological polar surface area (TPSA) is 60.7 Å². The van der Waals surface area contributed by atoms with Crippen LogP contribution in [-0.4, -0.2) is 15.3 Å². The number of aromatic hydroxyl groups is 3. The summed E-state index contributed by atoms with van der Waals surface area (Å²) in [6.45, 7) is 10.9. The van der Waals surface area contributed by atoms with E-state index in [-0.39, 0.29) is 22.3 Å². The van der Waals surface area contributed by atoms with E-state index in [1.165, 1.54) is 11.1 Å². The van der Waals surface area contributed by atoms with Crippen molar-refractivity contribution in [2.75, 3.05) is 0 Å². The fourth-order valence-corrected chi connectivity index (χ4v) is 5.19. The van der Waals surface area contributed by atoms with Crippen molar-refractivity contribution in [2.45, 2.75) is 51.9 Å². The number of hydrogen-bond acceptors (Lipinski definition) is 3. The highest BCUT2D eigenvalue weighted by atomic mass is 16.3. The lowest BCUT2D eigenvalue weighted by Gasteiger charge is -2.48. The van der Waals surface area contributed by atoms with Crippen LogP contribution in [0.3, 0.4) is 0 Å². The summed E-state index contributed by atoms with van der Waals surface area (Å²) in [5.41, 5.74) is 4.65. The molecule has 176 valence electrons. The minimum atomic E-state index is -0.397. The summed E-state index contributed by atoms with van der Waals surface area (Å²) >= 11 is 0. The molecule has 4 rings (SSSR count). The summed E-state index contributed by atoms with van der Waals surface area (Å²) in [6, 6.07) is 20.7. The molecule has 3 nitrogen and oxygen atoms in total. The maximum absolute atomic E-state index is 9.97. The summed E-state index contributed by atoms with van der Waals surface area (Å²) in [6.07, 6.45) is 7.72. The van der Waals surface area contributed by atoms with Crippen LogP contribution in [-0.2, 0) is 10.8 Å². The highest BCUT2D eigenvalue weighted by Gasteiger charge is 2.46. The second kappa shape index (κ2) is 8.39. The molecule has 1 aliphatic carbocycles.